The molecule has 0 radical (unpaired) electrons. The summed E-state index contributed by atoms with van der Waals surface area (Å²) in [6, 6.07) is 0. The second-order valence-electron chi connectivity index (χ2n) is 28.1. The normalized spacial score (nSPS) is 40.8. The Bertz CT molecular complexity index is 2740. The van der Waals surface area contributed by atoms with Gasteiger partial charge in [-0.1, -0.05) is 0 Å². The van der Waals surface area contributed by atoms with Crippen molar-refractivity contribution in [1.29, 1.82) is 0 Å². The first-order valence-corrected chi connectivity index (χ1v) is 45.6. The van der Waals surface area contributed by atoms with Gasteiger partial charge in [0.2, 0.25) is 0 Å². The molecule has 0 unspecified atom stereocenters. The zero-order chi connectivity index (χ0) is 88.0. The predicted octanol–water partition coefficient (Wildman–Crippen LogP) is -45.4. The van der Waals surface area contributed by atoms with Gasteiger partial charge in [-0.05, 0) is 0 Å². The number of hydrogen-bond acceptors (Lipinski definition) is 56. The molecule has 16 N–H and O–H groups in total. The van der Waals surface area contributed by atoms with Crippen LogP contribution in [0.25, 0.3) is 0 Å². The van der Waals surface area contributed by atoms with E-state index in [-0.39, 0.29) is 236 Å². The van der Waals surface area contributed by atoms with Crippen LogP contribution < -0.4 is 277 Å². The fourth-order valence-electron chi connectivity index (χ4n) is 13.9. The van der Waals surface area contributed by atoms with Crippen molar-refractivity contribution in [3.8, 4) is 0 Å². The molecule has 30 fully saturated rings. The van der Waals surface area contributed by atoms with Crippen LogP contribution in [-0.2, 0) is 114 Å². The number of carbonyl (C=O) groups excluding carboxylic acids is 8. The molecule has 128 heavy (non-hydrogen) atoms. The van der Waals surface area contributed by atoms with Crippen LogP contribution in [-0.4, -0.2) is 467 Å². The van der Waals surface area contributed by atoms with E-state index in [0.717, 1.165) is 0 Å². The minimum atomic E-state index is -2.43. The predicted molar refractivity (Wildman–Crippen MR) is 383 cm³/mol. The Hall–Kier alpha value is 5.28. The van der Waals surface area contributed by atoms with Gasteiger partial charge in [-0.3, -0.25) is 0 Å². The van der Waals surface area contributed by atoms with Crippen LogP contribution in [0.5, 0.6) is 0 Å². The third-order valence-corrected chi connectivity index (χ3v) is 27.5. The largest absolute Gasteiger partial charge is 1.00 e. The van der Waals surface area contributed by atoms with Crippen LogP contribution in [0, 0.1) is 0 Å². The van der Waals surface area contributed by atoms with Crippen molar-refractivity contribution in [3.05, 3.63) is 0 Å². The van der Waals surface area contributed by atoms with E-state index in [9.17, 15) is 161 Å². The molecule has 0 saturated carbocycles. The van der Waals surface area contributed by atoms with Gasteiger partial charge in [0.1, 0.15) is 146 Å². The zero-order valence-electron chi connectivity index (χ0n) is 69.9. The van der Waals surface area contributed by atoms with Gasteiger partial charge in [0.05, 0.1) is 96.6 Å². The third-order valence-electron chi connectivity index (χ3n) is 19.5. The molecule has 30 rings (SSSR count). The van der Waals surface area contributed by atoms with E-state index in [4.69, 9.17) is 75.8 Å². The van der Waals surface area contributed by atoms with Crippen molar-refractivity contribution in [3.63, 3.8) is 0 Å². The fourth-order valence-corrected chi connectivity index (χ4v) is 20.1. The molecule has 0 amide bonds. The molecule has 30 saturated heterocycles. The summed E-state index contributed by atoms with van der Waals surface area (Å²) in [4.78, 5) is 94.3. The van der Waals surface area contributed by atoms with Crippen molar-refractivity contribution in [1.82, 2.24) is 0 Å². The minimum Gasteiger partial charge on any atom is -0.549 e. The standard InChI is InChI=1S/C64H96O48S8.8Na/c65-25(66)9-113-1-17-49-33(81)41(89)57(97-17)106-50-18(2-114-10-26(67)68)99-59(43(91)35(50)83)108-52-20(4-116-12-28(71)72)101-61(45(93)37(52)85)110-54-22(6-118-14-30(75)76)103-63(47(95)39(54)87)112-56-24(8-120-16-32(79)80)104-64(48(96)40(56)88)111-55-23(7-119-15-31(77)78)102-62(46(94)38(55)86)109-53-21(5-117-13-29(73)74)100-60(44(92)36(53)84)107-51-19(3-115-11-27(69)70)98-58(105-49)42(90)34(51)82;;;;;;;;/h17-24,33-64,81-96H,1-16H2,(H,65,66)(H,67,68)(H,69,70)(H,71,72)(H,73,74)(H,75,76)(H,77,78)(H,79,80);;;;;;;;/q;8*+1/p-8/t17-,18-,19-,20-,21-,22-,23-,24-,33-,34-,35-,36-,37-,38-,39-,40-,41-,42-,43-,44-,45-,46-,47-,48+,49-,50-,51-,52-,53-,54-,55-,56-,57-,58-,59-,60-,61-,62-,63-,64-;;;;;;;;/m0......../s1. The molecule has 0 aromatic rings. The Labute approximate surface area is 939 Å². The molecular weight excluding hydrogens is 1980 g/mol. The van der Waals surface area contributed by atoms with Gasteiger partial charge in [-0.25, -0.2) is 0 Å². The summed E-state index contributed by atoms with van der Waals surface area (Å²) in [5.74, 6) is -24.8. The molecule has 30 heterocycles. The summed E-state index contributed by atoms with van der Waals surface area (Å²) in [6.07, 6.45) is -87.4. The van der Waals surface area contributed by atoms with Crippen molar-refractivity contribution in [2.75, 3.05) is 92.0 Å². The number of ether oxygens (including phenoxy) is 16. The summed E-state index contributed by atoms with van der Waals surface area (Å²) in [5.41, 5.74) is 0. The molecule has 0 spiro atoms. The Morgan fingerprint density at radius 1 is 0.164 bits per heavy atom. The minimum absolute atomic E-state index is 0. The summed E-state index contributed by atoms with van der Waals surface area (Å²) in [5, 5.41) is 286. The van der Waals surface area contributed by atoms with Crippen molar-refractivity contribution < 1.29 is 473 Å². The van der Waals surface area contributed by atoms with Crippen LogP contribution in [0.1, 0.15) is 0 Å². The average molecular weight is 2070 g/mol. The van der Waals surface area contributed by atoms with E-state index in [1.54, 1.807) is 0 Å². The first kappa shape index (κ1) is 131. The summed E-state index contributed by atoms with van der Waals surface area (Å²) < 4.78 is 97.0. The maximum Gasteiger partial charge on any atom is 1.00 e. The van der Waals surface area contributed by atoms with Crippen LogP contribution in [0.3, 0.4) is 0 Å². The number of aliphatic carboxylic acids is 8. The molecule has 0 aromatic carbocycles. The van der Waals surface area contributed by atoms with Crippen molar-refractivity contribution in [2.24, 2.45) is 0 Å². The van der Waals surface area contributed by atoms with Crippen LogP contribution in [0.4, 0.5) is 0 Å². The Morgan fingerprint density at radius 3 is 0.328 bits per heavy atom. The number of aliphatic hydroxyl groups excluding tert-OH is 16. The quantitative estimate of drug-likeness (QED) is 0.0278. The topological polar surface area (TPSA) is 792 Å². The molecule has 0 aliphatic carbocycles. The van der Waals surface area contributed by atoms with Gasteiger partial charge in [-0.15, -0.1) is 0 Å². The van der Waals surface area contributed by atoms with E-state index in [1.165, 1.54) is 0 Å². The number of hydrogen-bond donors (Lipinski definition) is 16. The second-order valence-corrected chi connectivity index (χ2v) is 36.3. The van der Waals surface area contributed by atoms with E-state index in [2.05, 4.69) is 0 Å². The molecular formula is C64H88Na8O48S8. The zero-order valence-corrected chi connectivity index (χ0v) is 92.4. The van der Waals surface area contributed by atoms with E-state index in [0.29, 0.717) is 94.1 Å². The van der Waals surface area contributed by atoms with Gasteiger partial charge in [0, 0.05) is 92.0 Å². The third kappa shape index (κ3) is 37.0. The van der Waals surface area contributed by atoms with Crippen molar-refractivity contribution >= 4 is 142 Å². The van der Waals surface area contributed by atoms with Crippen molar-refractivity contribution in [2.45, 2.75) is 246 Å². The fraction of sp³-hybridized carbons (Fsp3) is 0.875. The number of thioether (sulfide) groups is 8. The summed E-state index contributed by atoms with van der Waals surface area (Å²) >= 11 is 4.18. The monoisotopic (exact) mass is 2060 g/mol. The molecule has 48 nitrogen and oxygen atoms in total. The van der Waals surface area contributed by atoms with Crippen LogP contribution in [0.2, 0.25) is 0 Å². The maximum atomic E-state index is 12.1. The van der Waals surface area contributed by atoms with E-state index >= 15 is 0 Å². The Balaban J connectivity index is 0.0000102. The molecule has 30 aliphatic heterocycles. The molecule has 688 valence electrons. The maximum absolute atomic E-state index is 12.1. The van der Waals surface area contributed by atoms with Gasteiger partial charge in [0.15, 0.2) is 50.3 Å². The molecule has 16 bridgehead atoms. The first-order chi connectivity index (χ1) is 56.7. The van der Waals surface area contributed by atoms with E-state index < -0.39 is 385 Å². The SMILES string of the molecule is O=C([O-])CSC[C@@H]1O[C@H]2O[C@@H]3[C@@H](O)[C@H](O)[C@H](O[C@@H]4[C@@H](O)[C@H](O)[C@H](O[C@@H]5[C@@H](O)[C@H](O)[C@H](O[C@@H]6[C@@H](O)[C@@H](O)[C@H](O[C@@H]7[C@@H](O)[C@H](O)[C@H](O[C@@H]8[C@@H](O)[C@H](O)[C@H](O[C@@H]9[C@@H](O)[C@H](O)[C@H](O[C@@H]1[C@@H](O)[C@@H]2O)O[C@H]9CSCC(=O)[O-])O[C@H]8CSCC(=O)[O-])O[C@H]7CSCC(=O)[O-])O[C@H]6CSCC(=O)[O-])O[C@H]5CSCC(=O)[O-])O[C@H]4CSCC(=O)[O-])O[C@H]3CSCC(=O)[O-].[Na+].[Na+].[Na+].[Na+].[Na+].[Na+].[Na+].[Na+]. The van der Waals surface area contributed by atoms with Gasteiger partial charge in [0.25, 0.3) is 0 Å². The van der Waals surface area contributed by atoms with Gasteiger partial charge in [-0.2, -0.15) is 94.1 Å². The van der Waals surface area contributed by atoms with Crippen LogP contribution in [0.15, 0.2) is 0 Å². The molecule has 0 aromatic heterocycles. The molecule has 64 heteroatoms. The van der Waals surface area contributed by atoms with Gasteiger partial charge < -0.3 is 237 Å². The molecule has 40 atom stereocenters. The number of carbonyl (C=O) groups is 8. The molecule has 30 aliphatic rings. The number of aliphatic hydroxyl groups is 16. The number of carboxylic acid groups (broad SMARTS) is 8. The average Bonchev–Trinajstić information content (AvgIpc) is 0.769. The van der Waals surface area contributed by atoms with Gasteiger partial charge >= 0.3 is 236 Å². The number of rotatable bonds is 32. The first-order valence-electron chi connectivity index (χ1n) is 36.3. The number of carboxylic acids is 8. The van der Waals surface area contributed by atoms with E-state index in [1.807, 2.05) is 0 Å². The summed E-state index contributed by atoms with van der Waals surface area (Å²) in [7, 11) is 0. The smallest absolute Gasteiger partial charge is 0.549 e. The van der Waals surface area contributed by atoms with Crippen LogP contribution >= 0.6 is 94.1 Å². The summed E-state index contributed by atoms with van der Waals surface area (Å²) in [6.45, 7) is 0. The Kier molecular flexibility index (Phi) is 65.3. The second kappa shape index (κ2) is 63.6. The Morgan fingerprint density at radius 2 is 0.250 bits per heavy atom.